The average Bonchev–Trinajstić information content (AvgIpc) is 3.28. The Kier molecular flexibility index (Phi) is 7.37. The number of ether oxygens (including phenoxy) is 5. The number of benzene rings is 2. The van der Waals surface area contributed by atoms with Crippen LogP contribution >= 0.6 is 0 Å². The smallest absolute Gasteiger partial charge is 0.326 e. The van der Waals surface area contributed by atoms with Crippen LogP contribution in [0.2, 0.25) is 0 Å². The van der Waals surface area contributed by atoms with E-state index in [9.17, 15) is 14.4 Å². The normalized spacial score (nSPS) is 12.5. The SMILES string of the molecule is COc1ccc(CNC(=O)C(C)OC(=O)CNC(=O)c2ccc3c(c2)OCO3)cc1OC. The van der Waals surface area contributed by atoms with Crippen LogP contribution in [0.5, 0.6) is 23.0 Å². The number of fused-ring (bicyclic) bond motifs is 1. The largest absolute Gasteiger partial charge is 0.493 e. The molecule has 1 aliphatic heterocycles. The lowest BCUT2D eigenvalue weighted by Gasteiger charge is -2.15. The minimum absolute atomic E-state index is 0.0959. The van der Waals surface area contributed by atoms with Crippen LogP contribution in [-0.4, -0.2) is 51.4 Å². The topological polar surface area (TPSA) is 121 Å². The second-order valence-electron chi connectivity index (χ2n) is 6.79. The Labute approximate surface area is 184 Å². The summed E-state index contributed by atoms with van der Waals surface area (Å²) < 4.78 is 25.9. The zero-order valence-electron chi connectivity index (χ0n) is 17.9. The summed E-state index contributed by atoms with van der Waals surface area (Å²) in [6.07, 6.45) is -1.04. The molecule has 0 aromatic heterocycles. The predicted molar refractivity (Wildman–Crippen MR) is 112 cm³/mol. The number of carbonyl (C=O) groups excluding carboxylic acids is 3. The van der Waals surface area contributed by atoms with Crippen LogP contribution in [0.25, 0.3) is 0 Å². The Balaban J connectivity index is 1.43. The number of hydrogen-bond acceptors (Lipinski definition) is 8. The van der Waals surface area contributed by atoms with E-state index in [1.54, 1.807) is 30.3 Å². The van der Waals surface area contributed by atoms with Gasteiger partial charge >= 0.3 is 5.97 Å². The van der Waals surface area contributed by atoms with E-state index in [0.717, 1.165) is 5.56 Å². The summed E-state index contributed by atoms with van der Waals surface area (Å²) in [5.74, 6) is 0.423. The van der Waals surface area contributed by atoms with Crippen molar-refractivity contribution in [3.8, 4) is 23.0 Å². The van der Waals surface area contributed by atoms with E-state index < -0.39 is 23.9 Å². The number of amides is 2. The molecule has 2 aromatic carbocycles. The van der Waals surface area contributed by atoms with Gasteiger partial charge in [0, 0.05) is 12.1 Å². The highest BCUT2D eigenvalue weighted by Crippen LogP contribution is 2.32. The van der Waals surface area contributed by atoms with Gasteiger partial charge in [0.1, 0.15) is 6.54 Å². The number of carbonyl (C=O) groups is 3. The number of rotatable bonds is 9. The number of esters is 1. The Morgan fingerprint density at radius 2 is 1.72 bits per heavy atom. The van der Waals surface area contributed by atoms with Crippen LogP contribution in [0.4, 0.5) is 0 Å². The fourth-order valence-electron chi connectivity index (χ4n) is 2.91. The molecule has 2 amide bonds. The first-order chi connectivity index (χ1) is 15.4. The Morgan fingerprint density at radius 1 is 0.969 bits per heavy atom. The molecule has 0 fully saturated rings. The molecule has 0 saturated heterocycles. The van der Waals surface area contributed by atoms with Gasteiger partial charge in [0.2, 0.25) is 6.79 Å². The van der Waals surface area contributed by atoms with Gasteiger partial charge in [-0.25, -0.2) is 0 Å². The van der Waals surface area contributed by atoms with E-state index in [1.807, 2.05) is 0 Å². The summed E-state index contributed by atoms with van der Waals surface area (Å²) in [6, 6.07) is 9.93. The standard InChI is InChI=1S/C22H24N2O8/c1-13(21(26)23-10-14-4-6-16(28-2)18(8-14)29-3)32-20(25)11-24-22(27)15-5-7-17-19(9-15)31-12-30-17/h4-9,13H,10-12H2,1-3H3,(H,23,26)(H,24,27). The van der Waals surface area contributed by atoms with Gasteiger partial charge in [-0.3, -0.25) is 14.4 Å². The van der Waals surface area contributed by atoms with Crippen molar-refractivity contribution in [2.75, 3.05) is 27.6 Å². The lowest BCUT2D eigenvalue weighted by molar-refractivity contribution is -0.153. The molecule has 1 aliphatic rings. The van der Waals surface area contributed by atoms with Crippen LogP contribution < -0.4 is 29.6 Å². The third-order valence-electron chi connectivity index (χ3n) is 4.62. The number of nitrogens with one attached hydrogen (secondary N) is 2. The summed E-state index contributed by atoms with van der Waals surface area (Å²) in [6.45, 7) is 1.36. The predicted octanol–water partition coefficient (Wildman–Crippen LogP) is 1.41. The molecular weight excluding hydrogens is 420 g/mol. The fourth-order valence-corrected chi connectivity index (χ4v) is 2.91. The van der Waals surface area contributed by atoms with Crippen LogP contribution in [0.1, 0.15) is 22.8 Å². The second-order valence-corrected chi connectivity index (χ2v) is 6.79. The second kappa shape index (κ2) is 10.4. The molecule has 0 aliphatic carbocycles. The molecule has 0 spiro atoms. The van der Waals surface area contributed by atoms with Crippen molar-refractivity contribution in [2.45, 2.75) is 19.6 Å². The van der Waals surface area contributed by atoms with Crippen molar-refractivity contribution < 1.29 is 38.1 Å². The van der Waals surface area contributed by atoms with Gasteiger partial charge in [-0.1, -0.05) is 6.07 Å². The van der Waals surface area contributed by atoms with E-state index in [0.29, 0.717) is 28.6 Å². The fraction of sp³-hybridized carbons (Fsp3) is 0.318. The van der Waals surface area contributed by atoms with Gasteiger partial charge in [-0.2, -0.15) is 0 Å². The molecule has 1 atom stereocenters. The number of hydrogen-bond donors (Lipinski definition) is 2. The van der Waals surface area contributed by atoms with Gasteiger partial charge in [0.15, 0.2) is 29.1 Å². The maximum atomic E-state index is 12.2. The summed E-state index contributed by atoms with van der Waals surface area (Å²) in [5.41, 5.74) is 1.09. The van der Waals surface area contributed by atoms with Gasteiger partial charge < -0.3 is 34.3 Å². The zero-order chi connectivity index (χ0) is 23.1. The van der Waals surface area contributed by atoms with Gasteiger partial charge in [0.25, 0.3) is 11.8 Å². The molecular formula is C22H24N2O8. The Bertz CT molecular complexity index is 1010. The summed E-state index contributed by atoms with van der Waals surface area (Å²) in [5, 5.41) is 5.13. The quantitative estimate of drug-likeness (QED) is 0.557. The highest BCUT2D eigenvalue weighted by atomic mass is 16.7. The first-order valence-electron chi connectivity index (χ1n) is 9.77. The highest BCUT2D eigenvalue weighted by Gasteiger charge is 2.20. The molecule has 10 nitrogen and oxygen atoms in total. The first kappa shape index (κ1) is 22.7. The molecule has 3 rings (SSSR count). The molecule has 1 unspecified atom stereocenters. The van der Waals surface area contributed by atoms with Crippen molar-refractivity contribution in [3.63, 3.8) is 0 Å². The van der Waals surface area contributed by atoms with E-state index in [2.05, 4.69) is 10.6 Å². The zero-order valence-corrected chi connectivity index (χ0v) is 17.9. The minimum atomic E-state index is -1.04. The van der Waals surface area contributed by atoms with Gasteiger partial charge in [-0.05, 0) is 42.8 Å². The molecule has 170 valence electrons. The van der Waals surface area contributed by atoms with E-state index in [-0.39, 0.29) is 19.9 Å². The molecule has 0 bridgehead atoms. The molecule has 2 N–H and O–H groups in total. The summed E-state index contributed by atoms with van der Waals surface area (Å²) in [4.78, 5) is 36.5. The molecule has 2 aromatic rings. The van der Waals surface area contributed by atoms with Crippen LogP contribution in [0, 0.1) is 0 Å². The molecule has 10 heteroatoms. The molecule has 1 heterocycles. The molecule has 0 radical (unpaired) electrons. The maximum Gasteiger partial charge on any atom is 0.326 e. The lowest BCUT2D eigenvalue weighted by atomic mass is 10.2. The minimum Gasteiger partial charge on any atom is -0.493 e. The highest BCUT2D eigenvalue weighted by molar-refractivity contribution is 5.96. The Hall–Kier alpha value is -3.95. The third kappa shape index (κ3) is 5.60. The molecule has 0 saturated carbocycles. The van der Waals surface area contributed by atoms with Crippen molar-refractivity contribution in [3.05, 3.63) is 47.5 Å². The van der Waals surface area contributed by atoms with Crippen molar-refractivity contribution in [1.82, 2.24) is 10.6 Å². The van der Waals surface area contributed by atoms with Crippen LogP contribution in [0.3, 0.4) is 0 Å². The van der Waals surface area contributed by atoms with E-state index in [1.165, 1.54) is 27.2 Å². The number of methoxy groups -OCH3 is 2. The third-order valence-corrected chi connectivity index (χ3v) is 4.62. The van der Waals surface area contributed by atoms with Crippen LogP contribution in [0.15, 0.2) is 36.4 Å². The van der Waals surface area contributed by atoms with Crippen molar-refractivity contribution in [1.29, 1.82) is 0 Å². The van der Waals surface area contributed by atoms with Crippen LogP contribution in [-0.2, 0) is 20.9 Å². The summed E-state index contributed by atoms with van der Waals surface area (Å²) in [7, 11) is 3.06. The van der Waals surface area contributed by atoms with Crippen molar-refractivity contribution in [2.24, 2.45) is 0 Å². The first-order valence-corrected chi connectivity index (χ1v) is 9.77. The Morgan fingerprint density at radius 3 is 2.47 bits per heavy atom. The maximum absolute atomic E-state index is 12.2. The molecule has 32 heavy (non-hydrogen) atoms. The lowest BCUT2D eigenvalue weighted by Crippen LogP contribution is -2.38. The van der Waals surface area contributed by atoms with E-state index in [4.69, 9.17) is 23.7 Å². The average molecular weight is 444 g/mol. The monoisotopic (exact) mass is 444 g/mol. The van der Waals surface area contributed by atoms with Crippen molar-refractivity contribution >= 4 is 17.8 Å². The van der Waals surface area contributed by atoms with Gasteiger partial charge in [-0.15, -0.1) is 0 Å². The summed E-state index contributed by atoms with van der Waals surface area (Å²) >= 11 is 0. The van der Waals surface area contributed by atoms with Gasteiger partial charge in [0.05, 0.1) is 14.2 Å². The van der Waals surface area contributed by atoms with E-state index >= 15 is 0 Å².